The highest BCUT2D eigenvalue weighted by molar-refractivity contribution is 6.13. The van der Waals surface area contributed by atoms with E-state index in [0.717, 1.165) is 39.2 Å². The summed E-state index contributed by atoms with van der Waals surface area (Å²) in [6.07, 6.45) is 0. The summed E-state index contributed by atoms with van der Waals surface area (Å²) in [5.74, 6) is 0.589. The number of amides is 1. The molecule has 28 heavy (non-hydrogen) atoms. The van der Waals surface area contributed by atoms with E-state index in [2.05, 4.69) is 5.32 Å². The zero-order valence-corrected chi connectivity index (χ0v) is 15.8. The molecule has 3 aromatic carbocycles. The molecule has 4 heteroatoms. The van der Waals surface area contributed by atoms with Crippen LogP contribution >= 0.6 is 0 Å². The highest BCUT2D eigenvalue weighted by atomic mass is 16.5. The molecule has 0 saturated heterocycles. The molecular weight excluding hydrogens is 348 g/mol. The molecule has 0 unspecified atom stereocenters. The Morgan fingerprint density at radius 2 is 1.75 bits per heavy atom. The van der Waals surface area contributed by atoms with E-state index in [9.17, 15) is 4.79 Å². The van der Waals surface area contributed by atoms with Gasteiger partial charge in [0.15, 0.2) is 0 Å². The molecule has 0 fully saturated rings. The van der Waals surface area contributed by atoms with Crippen molar-refractivity contribution in [2.45, 2.75) is 6.92 Å². The molecule has 0 bridgehead atoms. The first kappa shape index (κ1) is 17.7. The van der Waals surface area contributed by atoms with Gasteiger partial charge in [-0.25, -0.2) is 4.98 Å². The van der Waals surface area contributed by atoms with Crippen LogP contribution in [0.15, 0.2) is 78.9 Å². The van der Waals surface area contributed by atoms with Gasteiger partial charge in [-0.3, -0.25) is 4.79 Å². The van der Waals surface area contributed by atoms with Crippen LogP contribution in [0.1, 0.15) is 15.9 Å². The Labute approximate surface area is 163 Å². The number of para-hydroxylation sites is 1. The van der Waals surface area contributed by atoms with E-state index < -0.39 is 0 Å². The molecule has 1 N–H and O–H groups in total. The number of aromatic nitrogens is 1. The SMILES string of the molecule is COc1cccc(-c2cc(C(=O)Nc3cccc(C)c3)c3ccccc3n2)c1. The van der Waals surface area contributed by atoms with E-state index in [-0.39, 0.29) is 5.91 Å². The van der Waals surface area contributed by atoms with E-state index in [4.69, 9.17) is 9.72 Å². The molecule has 138 valence electrons. The maximum Gasteiger partial charge on any atom is 0.256 e. The molecule has 0 spiro atoms. The van der Waals surface area contributed by atoms with Crippen LogP contribution in [0.25, 0.3) is 22.2 Å². The van der Waals surface area contributed by atoms with E-state index >= 15 is 0 Å². The Kier molecular flexibility index (Phi) is 4.77. The number of anilines is 1. The number of benzene rings is 3. The van der Waals surface area contributed by atoms with Gasteiger partial charge in [-0.05, 0) is 48.9 Å². The average molecular weight is 368 g/mol. The molecular formula is C24H20N2O2. The highest BCUT2D eigenvalue weighted by Gasteiger charge is 2.14. The minimum atomic E-state index is -0.159. The number of nitrogens with one attached hydrogen (secondary N) is 1. The quantitative estimate of drug-likeness (QED) is 0.519. The number of hydrogen-bond donors (Lipinski definition) is 1. The van der Waals surface area contributed by atoms with Crippen LogP contribution in [0, 0.1) is 6.92 Å². The fraction of sp³-hybridized carbons (Fsp3) is 0.0833. The third kappa shape index (κ3) is 3.58. The summed E-state index contributed by atoms with van der Waals surface area (Å²) >= 11 is 0. The summed E-state index contributed by atoms with van der Waals surface area (Å²) in [5, 5.41) is 3.82. The van der Waals surface area contributed by atoms with Crippen LogP contribution in [0.4, 0.5) is 5.69 Å². The first-order valence-electron chi connectivity index (χ1n) is 9.06. The molecule has 4 aromatic rings. The molecule has 0 aliphatic rings. The third-order valence-corrected chi connectivity index (χ3v) is 4.60. The minimum absolute atomic E-state index is 0.159. The third-order valence-electron chi connectivity index (χ3n) is 4.60. The number of fused-ring (bicyclic) bond motifs is 1. The van der Waals surface area contributed by atoms with Crippen molar-refractivity contribution < 1.29 is 9.53 Å². The van der Waals surface area contributed by atoms with Gasteiger partial charge in [0.2, 0.25) is 0 Å². The van der Waals surface area contributed by atoms with Gasteiger partial charge in [-0.1, -0.05) is 42.5 Å². The van der Waals surface area contributed by atoms with Gasteiger partial charge < -0.3 is 10.1 Å². The van der Waals surface area contributed by atoms with Crippen molar-refractivity contribution in [1.29, 1.82) is 0 Å². The molecule has 4 nitrogen and oxygen atoms in total. The number of pyridine rings is 1. The van der Waals surface area contributed by atoms with E-state index in [1.165, 1.54) is 0 Å². The summed E-state index contributed by atoms with van der Waals surface area (Å²) in [4.78, 5) is 17.8. The maximum atomic E-state index is 13.1. The van der Waals surface area contributed by atoms with Crippen molar-refractivity contribution >= 4 is 22.5 Å². The van der Waals surface area contributed by atoms with Crippen molar-refractivity contribution in [3.63, 3.8) is 0 Å². The van der Waals surface area contributed by atoms with Crippen molar-refractivity contribution in [1.82, 2.24) is 4.98 Å². The number of methoxy groups -OCH3 is 1. The molecule has 0 aliphatic carbocycles. The van der Waals surface area contributed by atoms with Crippen LogP contribution < -0.4 is 10.1 Å². The Balaban J connectivity index is 1.81. The van der Waals surface area contributed by atoms with Gasteiger partial charge in [0.25, 0.3) is 5.91 Å². The first-order valence-corrected chi connectivity index (χ1v) is 9.06. The lowest BCUT2D eigenvalue weighted by atomic mass is 10.0. The molecule has 4 rings (SSSR count). The van der Waals surface area contributed by atoms with Gasteiger partial charge in [0.05, 0.1) is 23.9 Å². The highest BCUT2D eigenvalue weighted by Crippen LogP contribution is 2.27. The summed E-state index contributed by atoms with van der Waals surface area (Å²) in [7, 11) is 1.63. The predicted octanol–water partition coefficient (Wildman–Crippen LogP) is 5.47. The largest absolute Gasteiger partial charge is 0.497 e. The van der Waals surface area contributed by atoms with Crippen LogP contribution in [0.3, 0.4) is 0 Å². The lowest BCUT2D eigenvalue weighted by Gasteiger charge is -2.11. The monoisotopic (exact) mass is 368 g/mol. The molecule has 0 atom stereocenters. The summed E-state index contributed by atoms with van der Waals surface area (Å²) in [6.45, 7) is 2.00. The maximum absolute atomic E-state index is 13.1. The van der Waals surface area contributed by atoms with Gasteiger partial charge in [0.1, 0.15) is 5.75 Å². The summed E-state index contributed by atoms with van der Waals surface area (Å²) in [5.41, 5.74) is 4.85. The molecule has 1 aromatic heterocycles. The molecule has 0 radical (unpaired) electrons. The van der Waals surface area contributed by atoms with Crippen LogP contribution in [-0.2, 0) is 0 Å². The Morgan fingerprint density at radius 3 is 2.57 bits per heavy atom. The Bertz CT molecular complexity index is 1170. The lowest BCUT2D eigenvalue weighted by molar-refractivity contribution is 0.102. The number of hydrogen-bond acceptors (Lipinski definition) is 3. The van der Waals surface area contributed by atoms with E-state index in [1.54, 1.807) is 7.11 Å². The Hall–Kier alpha value is -3.66. The normalized spacial score (nSPS) is 10.6. The van der Waals surface area contributed by atoms with Gasteiger partial charge in [-0.15, -0.1) is 0 Å². The van der Waals surface area contributed by atoms with Crippen molar-refractivity contribution in [3.8, 4) is 17.0 Å². The zero-order valence-electron chi connectivity index (χ0n) is 15.8. The molecule has 1 heterocycles. The van der Waals surface area contributed by atoms with Crippen LogP contribution in [0.5, 0.6) is 5.75 Å². The number of carbonyl (C=O) groups excluding carboxylic acids is 1. The smallest absolute Gasteiger partial charge is 0.256 e. The van der Waals surface area contributed by atoms with Gasteiger partial charge in [0, 0.05) is 16.6 Å². The van der Waals surface area contributed by atoms with Crippen LogP contribution in [0.2, 0.25) is 0 Å². The van der Waals surface area contributed by atoms with Crippen molar-refractivity contribution in [3.05, 3.63) is 90.0 Å². The zero-order chi connectivity index (χ0) is 19.5. The van der Waals surface area contributed by atoms with Crippen LogP contribution in [-0.4, -0.2) is 18.0 Å². The predicted molar refractivity (Wildman–Crippen MR) is 113 cm³/mol. The second-order valence-corrected chi connectivity index (χ2v) is 6.63. The standard InChI is InChI=1S/C24H20N2O2/c1-16-7-5-9-18(13-16)25-24(27)21-15-23(17-8-6-10-19(14-17)28-2)26-22-12-4-3-11-20(21)22/h3-15H,1-2H3,(H,25,27). The minimum Gasteiger partial charge on any atom is -0.497 e. The molecule has 1 amide bonds. The second-order valence-electron chi connectivity index (χ2n) is 6.63. The van der Waals surface area contributed by atoms with Crippen molar-refractivity contribution in [2.75, 3.05) is 12.4 Å². The topological polar surface area (TPSA) is 51.2 Å². The molecule has 0 aliphatic heterocycles. The van der Waals surface area contributed by atoms with Gasteiger partial charge >= 0.3 is 0 Å². The fourth-order valence-corrected chi connectivity index (χ4v) is 3.21. The lowest BCUT2D eigenvalue weighted by Crippen LogP contribution is -2.13. The summed E-state index contributed by atoms with van der Waals surface area (Å²) in [6, 6.07) is 24.9. The van der Waals surface area contributed by atoms with Crippen molar-refractivity contribution in [2.24, 2.45) is 0 Å². The molecule has 0 saturated carbocycles. The number of aryl methyl sites for hydroxylation is 1. The second kappa shape index (κ2) is 7.53. The van der Waals surface area contributed by atoms with E-state index in [1.807, 2.05) is 85.8 Å². The average Bonchev–Trinajstić information content (AvgIpc) is 2.73. The Morgan fingerprint density at radius 1 is 0.929 bits per heavy atom. The summed E-state index contributed by atoms with van der Waals surface area (Å²) < 4.78 is 5.32. The van der Waals surface area contributed by atoms with Gasteiger partial charge in [-0.2, -0.15) is 0 Å². The fourth-order valence-electron chi connectivity index (χ4n) is 3.21. The first-order chi connectivity index (χ1) is 13.6. The number of nitrogens with zero attached hydrogens (tertiary/aromatic N) is 1. The number of ether oxygens (including phenoxy) is 1. The number of carbonyl (C=O) groups is 1. The van der Waals surface area contributed by atoms with E-state index in [0.29, 0.717) is 5.56 Å². The number of rotatable bonds is 4.